The molecular formula is C9H17NO3. The molecule has 0 heterocycles. The summed E-state index contributed by atoms with van der Waals surface area (Å²) in [5.74, 6) is -1.09. The summed E-state index contributed by atoms with van der Waals surface area (Å²) < 4.78 is 0. The van der Waals surface area contributed by atoms with E-state index in [1.54, 1.807) is 32.8 Å². The van der Waals surface area contributed by atoms with Gasteiger partial charge in [-0.3, -0.25) is 9.69 Å². The fraction of sp³-hybridized carbons (Fsp3) is 0.778. The van der Waals surface area contributed by atoms with Crippen LogP contribution in [0.3, 0.4) is 0 Å². The fourth-order valence-electron chi connectivity index (χ4n) is 1.22. The lowest BCUT2D eigenvalue weighted by Gasteiger charge is -2.36. The van der Waals surface area contributed by atoms with Gasteiger partial charge in [-0.1, -0.05) is 6.92 Å². The van der Waals surface area contributed by atoms with Crippen LogP contribution in [0.2, 0.25) is 0 Å². The van der Waals surface area contributed by atoms with Gasteiger partial charge < -0.3 is 9.90 Å². The van der Waals surface area contributed by atoms with Gasteiger partial charge in [-0.15, -0.1) is 0 Å². The van der Waals surface area contributed by atoms with Crippen molar-refractivity contribution in [2.75, 3.05) is 14.1 Å². The summed E-state index contributed by atoms with van der Waals surface area (Å²) in [4.78, 5) is 22.9. The average molecular weight is 187 g/mol. The van der Waals surface area contributed by atoms with Crippen molar-refractivity contribution in [1.82, 2.24) is 4.90 Å². The zero-order valence-electron chi connectivity index (χ0n) is 8.57. The molecule has 0 aromatic heterocycles. The highest BCUT2D eigenvalue weighted by Gasteiger charge is 2.40. The van der Waals surface area contributed by atoms with Crippen molar-refractivity contribution >= 4 is 12.3 Å². The number of carbonyl (C=O) groups excluding carboxylic acids is 1. The van der Waals surface area contributed by atoms with Crippen LogP contribution in [0.4, 0.5) is 0 Å². The maximum Gasteiger partial charge on any atom is 0.324 e. The molecule has 1 N–H and O–H groups in total. The van der Waals surface area contributed by atoms with Gasteiger partial charge in [-0.05, 0) is 26.9 Å². The molecule has 0 spiro atoms. The average Bonchev–Trinajstić information content (AvgIpc) is 2.02. The molecule has 0 bridgehead atoms. The number of nitrogens with zero attached hydrogens (tertiary/aromatic N) is 1. The van der Waals surface area contributed by atoms with Crippen molar-refractivity contribution in [1.29, 1.82) is 0 Å². The number of aldehydes is 1. The molecule has 0 rings (SSSR count). The normalized spacial score (nSPS) is 17.9. The molecule has 0 saturated heterocycles. The predicted octanol–water partition coefficient (Wildman–Crippen LogP) is 0.616. The van der Waals surface area contributed by atoms with E-state index < -0.39 is 11.5 Å². The maximum absolute atomic E-state index is 11.0. The Morgan fingerprint density at radius 3 is 2.31 bits per heavy atom. The van der Waals surface area contributed by atoms with Crippen LogP contribution in [-0.2, 0) is 9.59 Å². The van der Waals surface area contributed by atoms with Crippen LogP contribution in [0, 0.1) is 5.92 Å². The van der Waals surface area contributed by atoms with Gasteiger partial charge in [0.05, 0.1) is 0 Å². The van der Waals surface area contributed by atoms with E-state index in [1.165, 1.54) is 0 Å². The minimum Gasteiger partial charge on any atom is -0.480 e. The molecule has 2 atom stereocenters. The summed E-state index contributed by atoms with van der Waals surface area (Å²) >= 11 is 0. The topological polar surface area (TPSA) is 57.6 Å². The number of rotatable bonds is 5. The maximum atomic E-state index is 11.0. The zero-order chi connectivity index (χ0) is 10.6. The second-order valence-electron chi connectivity index (χ2n) is 3.65. The smallest absolute Gasteiger partial charge is 0.324 e. The number of carbonyl (C=O) groups is 2. The van der Waals surface area contributed by atoms with Crippen molar-refractivity contribution < 1.29 is 14.7 Å². The molecule has 0 aromatic rings. The van der Waals surface area contributed by atoms with Crippen molar-refractivity contribution in [2.24, 2.45) is 5.92 Å². The highest BCUT2D eigenvalue weighted by Crippen LogP contribution is 2.24. The molecule has 13 heavy (non-hydrogen) atoms. The van der Waals surface area contributed by atoms with Crippen LogP contribution in [-0.4, -0.2) is 41.9 Å². The van der Waals surface area contributed by atoms with Gasteiger partial charge in [-0.25, -0.2) is 0 Å². The minimum atomic E-state index is -0.971. The summed E-state index contributed by atoms with van der Waals surface area (Å²) in [6.45, 7) is 3.39. The lowest BCUT2D eigenvalue weighted by atomic mass is 9.84. The third-order valence-corrected chi connectivity index (χ3v) is 2.77. The third kappa shape index (κ3) is 2.28. The quantitative estimate of drug-likeness (QED) is 0.641. The third-order valence-electron chi connectivity index (χ3n) is 2.77. The van der Waals surface area contributed by atoms with Crippen molar-refractivity contribution in [3.63, 3.8) is 0 Å². The Balaban J connectivity index is 4.77. The fourth-order valence-corrected chi connectivity index (χ4v) is 1.22. The van der Waals surface area contributed by atoms with E-state index in [1.807, 2.05) is 0 Å². The lowest BCUT2D eigenvalue weighted by Crippen LogP contribution is -2.53. The van der Waals surface area contributed by atoms with Gasteiger partial charge in [0, 0.05) is 6.42 Å². The van der Waals surface area contributed by atoms with E-state index in [4.69, 9.17) is 5.11 Å². The van der Waals surface area contributed by atoms with Gasteiger partial charge in [0.25, 0.3) is 0 Å². The Labute approximate surface area is 78.5 Å². The van der Waals surface area contributed by atoms with Crippen LogP contribution < -0.4 is 0 Å². The van der Waals surface area contributed by atoms with Gasteiger partial charge in [0.2, 0.25) is 0 Å². The molecule has 2 unspecified atom stereocenters. The second kappa shape index (κ2) is 4.37. The summed E-state index contributed by atoms with van der Waals surface area (Å²) in [6.07, 6.45) is 1.02. The first kappa shape index (κ1) is 12.1. The summed E-state index contributed by atoms with van der Waals surface area (Å²) in [7, 11) is 3.41. The number of hydrogen-bond acceptors (Lipinski definition) is 3. The van der Waals surface area contributed by atoms with Crippen LogP contribution in [0.1, 0.15) is 20.3 Å². The van der Waals surface area contributed by atoms with Crippen molar-refractivity contribution in [3.05, 3.63) is 0 Å². The summed E-state index contributed by atoms with van der Waals surface area (Å²) in [6, 6.07) is 0. The van der Waals surface area contributed by atoms with E-state index >= 15 is 0 Å². The molecule has 4 nitrogen and oxygen atoms in total. The lowest BCUT2D eigenvalue weighted by molar-refractivity contribution is -0.152. The second-order valence-corrected chi connectivity index (χ2v) is 3.65. The Hall–Kier alpha value is -0.900. The standard InChI is InChI=1S/C9H17NO3/c1-7(5-6-11)9(2,8(12)13)10(3)4/h6-7H,5H2,1-4H3,(H,12,13). The molecule has 4 heteroatoms. The molecule has 0 aliphatic heterocycles. The highest BCUT2D eigenvalue weighted by molar-refractivity contribution is 5.79. The van der Waals surface area contributed by atoms with Crippen LogP contribution in [0.5, 0.6) is 0 Å². The van der Waals surface area contributed by atoms with Crippen molar-refractivity contribution in [2.45, 2.75) is 25.8 Å². The first-order valence-corrected chi connectivity index (χ1v) is 4.21. The number of likely N-dealkylation sites (N-methyl/N-ethyl adjacent to an activating group) is 1. The van der Waals surface area contributed by atoms with Gasteiger partial charge in [0.15, 0.2) is 0 Å². The molecule has 76 valence electrons. The van der Waals surface area contributed by atoms with Gasteiger partial charge in [0.1, 0.15) is 11.8 Å². The SMILES string of the molecule is CC(CC=O)C(C)(C(=O)O)N(C)C. The molecular weight excluding hydrogens is 170 g/mol. The number of carboxylic acid groups (broad SMARTS) is 1. The molecule has 0 amide bonds. The minimum absolute atomic E-state index is 0.197. The summed E-state index contributed by atoms with van der Waals surface area (Å²) in [5, 5.41) is 9.04. The largest absolute Gasteiger partial charge is 0.480 e. The van der Waals surface area contributed by atoms with Crippen LogP contribution >= 0.6 is 0 Å². The number of hydrogen-bond donors (Lipinski definition) is 1. The first-order valence-electron chi connectivity index (χ1n) is 4.21. The Kier molecular flexibility index (Phi) is 4.07. The Morgan fingerprint density at radius 1 is 1.62 bits per heavy atom. The van der Waals surface area contributed by atoms with Crippen molar-refractivity contribution in [3.8, 4) is 0 Å². The molecule has 0 aliphatic carbocycles. The monoisotopic (exact) mass is 187 g/mol. The highest BCUT2D eigenvalue weighted by atomic mass is 16.4. The summed E-state index contributed by atoms with van der Waals surface area (Å²) in [5.41, 5.74) is -0.971. The van der Waals surface area contributed by atoms with E-state index in [0.29, 0.717) is 0 Å². The Bertz CT molecular complexity index is 203. The molecule has 0 fully saturated rings. The van der Waals surface area contributed by atoms with Gasteiger partial charge >= 0.3 is 5.97 Å². The van der Waals surface area contributed by atoms with E-state index in [0.717, 1.165) is 6.29 Å². The molecule has 0 aromatic carbocycles. The molecule has 0 radical (unpaired) electrons. The van der Waals surface area contributed by atoms with E-state index in [2.05, 4.69) is 0 Å². The Morgan fingerprint density at radius 2 is 2.08 bits per heavy atom. The van der Waals surface area contributed by atoms with E-state index in [9.17, 15) is 9.59 Å². The molecule has 0 aliphatic rings. The number of carboxylic acids is 1. The van der Waals surface area contributed by atoms with Crippen LogP contribution in [0.25, 0.3) is 0 Å². The van der Waals surface area contributed by atoms with Crippen LogP contribution in [0.15, 0.2) is 0 Å². The molecule has 0 saturated carbocycles. The van der Waals surface area contributed by atoms with Gasteiger partial charge in [-0.2, -0.15) is 0 Å². The predicted molar refractivity (Wildman–Crippen MR) is 49.6 cm³/mol. The number of aliphatic carboxylic acids is 1. The van der Waals surface area contributed by atoms with E-state index in [-0.39, 0.29) is 12.3 Å². The zero-order valence-corrected chi connectivity index (χ0v) is 8.57. The first-order chi connectivity index (χ1) is 5.87.